The zero-order chi connectivity index (χ0) is 15.0. The van der Waals surface area contributed by atoms with Gasteiger partial charge in [0.05, 0.1) is 7.11 Å². The zero-order valence-corrected chi connectivity index (χ0v) is 12.3. The van der Waals surface area contributed by atoms with Crippen LogP contribution in [0.15, 0.2) is 46.9 Å². The van der Waals surface area contributed by atoms with Gasteiger partial charge < -0.3 is 9.15 Å². The number of fused-ring (bicyclic) bond motifs is 1. The van der Waals surface area contributed by atoms with Crippen LogP contribution in [0.2, 0.25) is 0 Å². The summed E-state index contributed by atoms with van der Waals surface area (Å²) in [4.78, 5) is 12.1. The van der Waals surface area contributed by atoms with Gasteiger partial charge in [0.1, 0.15) is 17.1 Å². The summed E-state index contributed by atoms with van der Waals surface area (Å²) >= 11 is 0. The molecule has 0 saturated heterocycles. The molecule has 106 valence electrons. The van der Waals surface area contributed by atoms with Gasteiger partial charge in [0.2, 0.25) is 0 Å². The number of hydrogen-bond acceptors (Lipinski definition) is 3. The molecule has 0 saturated carbocycles. The van der Waals surface area contributed by atoms with Crippen LogP contribution in [-0.2, 0) is 4.74 Å². The predicted molar refractivity (Wildman–Crippen MR) is 82.5 cm³/mol. The van der Waals surface area contributed by atoms with Crippen LogP contribution in [0.3, 0.4) is 0 Å². The molecule has 1 aromatic heterocycles. The van der Waals surface area contributed by atoms with Crippen LogP contribution in [0, 0.1) is 13.8 Å². The molecular weight excluding hydrogens is 264 g/mol. The largest absolute Gasteiger partial charge is 0.465 e. The number of rotatable bonds is 2. The van der Waals surface area contributed by atoms with Crippen molar-refractivity contribution in [3.05, 3.63) is 59.5 Å². The fourth-order valence-electron chi connectivity index (χ4n) is 2.80. The first-order valence-corrected chi connectivity index (χ1v) is 6.80. The van der Waals surface area contributed by atoms with Crippen molar-refractivity contribution in [2.45, 2.75) is 13.8 Å². The molecular formula is C18H16O3. The van der Waals surface area contributed by atoms with Gasteiger partial charge in [-0.2, -0.15) is 0 Å². The van der Waals surface area contributed by atoms with Crippen LogP contribution in [0.25, 0.3) is 21.9 Å². The summed E-state index contributed by atoms with van der Waals surface area (Å²) in [6.07, 6.45) is 0. The second-order valence-electron chi connectivity index (χ2n) is 4.98. The molecule has 1 heterocycles. The topological polar surface area (TPSA) is 39.4 Å². The van der Waals surface area contributed by atoms with Crippen LogP contribution in [-0.4, -0.2) is 13.1 Å². The Morgan fingerprint density at radius 3 is 2.48 bits per heavy atom. The maximum Gasteiger partial charge on any atom is 0.342 e. The molecule has 2 aromatic carbocycles. The maximum atomic E-state index is 12.1. The minimum absolute atomic E-state index is 0.368. The lowest BCUT2D eigenvalue weighted by Crippen LogP contribution is -2.03. The number of aryl methyl sites for hydroxylation is 2. The summed E-state index contributed by atoms with van der Waals surface area (Å²) in [5, 5.41) is 2.22. The van der Waals surface area contributed by atoms with E-state index < -0.39 is 0 Å². The average molecular weight is 280 g/mol. The second kappa shape index (κ2) is 5.09. The highest BCUT2D eigenvalue weighted by molar-refractivity contribution is 6.05. The Balaban J connectivity index is 2.36. The molecule has 3 aromatic rings. The molecule has 0 fully saturated rings. The van der Waals surface area contributed by atoms with E-state index in [1.165, 1.54) is 7.11 Å². The number of benzene rings is 2. The second-order valence-corrected chi connectivity index (χ2v) is 4.98. The summed E-state index contributed by atoms with van der Waals surface area (Å²) in [5.74, 6) is 0.943. The molecule has 0 atom stereocenters. The minimum atomic E-state index is -0.368. The Morgan fingerprint density at radius 1 is 1.00 bits per heavy atom. The summed E-state index contributed by atoms with van der Waals surface area (Å²) in [6, 6.07) is 14.1. The van der Waals surface area contributed by atoms with E-state index in [0.29, 0.717) is 11.3 Å². The summed E-state index contributed by atoms with van der Waals surface area (Å²) < 4.78 is 10.6. The summed E-state index contributed by atoms with van der Waals surface area (Å²) in [7, 11) is 1.39. The van der Waals surface area contributed by atoms with Crippen molar-refractivity contribution in [3.63, 3.8) is 0 Å². The third-order valence-corrected chi connectivity index (χ3v) is 3.71. The zero-order valence-electron chi connectivity index (χ0n) is 12.3. The smallest absolute Gasteiger partial charge is 0.342 e. The van der Waals surface area contributed by atoms with Gasteiger partial charge in [-0.1, -0.05) is 42.5 Å². The SMILES string of the molecule is COC(=O)c1c(C)oc(C)c1-c1cccc2ccccc12. The average Bonchev–Trinajstić information content (AvgIpc) is 2.80. The van der Waals surface area contributed by atoms with E-state index in [0.717, 1.165) is 27.7 Å². The van der Waals surface area contributed by atoms with Crippen molar-refractivity contribution >= 4 is 16.7 Å². The normalized spacial score (nSPS) is 10.8. The monoisotopic (exact) mass is 280 g/mol. The van der Waals surface area contributed by atoms with Crippen LogP contribution < -0.4 is 0 Å². The van der Waals surface area contributed by atoms with Crippen LogP contribution in [0.1, 0.15) is 21.9 Å². The standard InChI is InChI=1S/C18H16O3/c1-11-16(17(12(2)21-11)18(19)20-3)15-10-6-8-13-7-4-5-9-14(13)15/h4-10H,1-3H3. The van der Waals surface area contributed by atoms with Crippen molar-refractivity contribution in [1.82, 2.24) is 0 Å². The third-order valence-electron chi connectivity index (χ3n) is 3.71. The molecule has 0 spiro atoms. The fraction of sp³-hybridized carbons (Fsp3) is 0.167. The number of methoxy groups -OCH3 is 1. The van der Waals surface area contributed by atoms with Gasteiger partial charge in [-0.3, -0.25) is 0 Å². The fourth-order valence-corrected chi connectivity index (χ4v) is 2.80. The predicted octanol–water partition coefficient (Wildman–Crippen LogP) is 4.50. The highest BCUT2D eigenvalue weighted by Crippen LogP contribution is 2.36. The number of carbonyl (C=O) groups excluding carboxylic acids is 1. The lowest BCUT2D eigenvalue weighted by molar-refractivity contribution is 0.0599. The van der Waals surface area contributed by atoms with Crippen LogP contribution in [0.5, 0.6) is 0 Å². The van der Waals surface area contributed by atoms with Gasteiger partial charge in [-0.25, -0.2) is 4.79 Å². The van der Waals surface area contributed by atoms with Crippen molar-refractivity contribution in [2.24, 2.45) is 0 Å². The number of hydrogen-bond donors (Lipinski definition) is 0. The number of furan rings is 1. The van der Waals surface area contributed by atoms with Crippen molar-refractivity contribution in [3.8, 4) is 11.1 Å². The molecule has 3 nitrogen and oxygen atoms in total. The highest BCUT2D eigenvalue weighted by atomic mass is 16.5. The molecule has 0 aliphatic rings. The molecule has 3 rings (SSSR count). The molecule has 3 heteroatoms. The molecule has 0 bridgehead atoms. The lowest BCUT2D eigenvalue weighted by Gasteiger charge is -2.08. The summed E-state index contributed by atoms with van der Waals surface area (Å²) in [5.41, 5.74) is 2.31. The van der Waals surface area contributed by atoms with Crippen molar-refractivity contribution in [1.29, 1.82) is 0 Å². The van der Waals surface area contributed by atoms with Crippen LogP contribution >= 0.6 is 0 Å². The van der Waals surface area contributed by atoms with Crippen LogP contribution in [0.4, 0.5) is 0 Å². The van der Waals surface area contributed by atoms with E-state index in [-0.39, 0.29) is 5.97 Å². The van der Waals surface area contributed by atoms with Crippen molar-refractivity contribution < 1.29 is 13.9 Å². The molecule has 0 radical (unpaired) electrons. The molecule has 0 amide bonds. The van der Waals surface area contributed by atoms with E-state index >= 15 is 0 Å². The van der Waals surface area contributed by atoms with E-state index in [2.05, 4.69) is 12.1 Å². The first-order valence-electron chi connectivity index (χ1n) is 6.80. The maximum absolute atomic E-state index is 12.1. The van der Waals surface area contributed by atoms with E-state index in [9.17, 15) is 4.79 Å². The minimum Gasteiger partial charge on any atom is -0.465 e. The summed E-state index contributed by atoms with van der Waals surface area (Å²) in [6.45, 7) is 3.66. The Labute approximate surface area is 123 Å². The Morgan fingerprint density at radius 2 is 1.71 bits per heavy atom. The van der Waals surface area contributed by atoms with Gasteiger partial charge in [0.25, 0.3) is 0 Å². The quantitative estimate of drug-likeness (QED) is 0.649. The number of esters is 1. The van der Waals surface area contributed by atoms with Gasteiger partial charge in [0, 0.05) is 5.56 Å². The van der Waals surface area contributed by atoms with Gasteiger partial charge in [0.15, 0.2) is 0 Å². The first-order chi connectivity index (χ1) is 10.1. The Kier molecular flexibility index (Phi) is 3.26. The number of carbonyl (C=O) groups is 1. The van der Waals surface area contributed by atoms with E-state index in [4.69, 9.17) is 9.15 Å². The molecule has 0 aliphatic heterocycles. The van der Waals surface area contributed by atoms with Gasteiger partial charge >= 0.3 is 5.97 Å². The molecule has 21 heavy (non-hydrogen) atoms. The van der Waals surface area contributed by atoms with Gasteiger partial charge in [-0.15, -0.1) is 0 Å². The Hall–Kier alpha value is -2.55. The molecule has 0 unspecified atom stereocenters. The Bertz CT molecular complexity index is 822. The van der Waals surface area contributed by atoms with Gasteiger partial charge in [-0.05, 0) is 30.2 Å². The molecule has 0 N–H and O–H groups in total. The van der Waals surface area contributed by atoms with Crippen molar-refractivity contribution in [2.75, 3.05) is 7.11 Å². The molecule has 0 aliphatic carbocycles. The first kappa shape index (κ1) is 13.4. The number of ether oxygens (including phenoxy) is 1. The van der Waals surface area contributed by atoms with E-state index in [1.807, 2.05) is 37.3 Å². The lowest BCUT2D eigenvalue weighted by atomic mass is 9.95. The van der Waals surface area contributed by atoms with E-state index in [1.54, 1.807) is 6.92 Å². The highest BCUT2D eigenvalue weighted by Gasteiger charge is 2.24. The third kappa shape index (κ3) is 2.11.